The van der Waals surface area contributed by atoms with Crippen molar-refractivity contribution in [2.45, 2.75) is 145 Å². The van der Waals surface area contributed by atoms with Crippen molar-refractivity contribution in [2.75, 3.05) is 49.5 Å². The van der Waals surface area contributed by atoms with E-state index >= 15 is 0 Å². The molecule has 392 valence electrons. The van der Waals surface area contributed by atoms with Gasteiger partial charge in [0.25, 0.3) is 0 Å². The number of nitrogens with zero attached hydrogens (tertiary/aromatic N) is 7. The Morgan fingerprint density at radius 2 is 1.79 bits per heavy atom. The molecule has 6 N–H and O–H groups in total. The van der Waals surface area contributed by atoms with Gasteiger partial charge in [-0.25, -0.2) is 19.9 Å². The number of aliphatic hydroxyl groups excluding tert-OH is 1. The van der Waals surface area contributed by atoms with E-state index in [9.17, 15) is 24.3 Å². The number of thiazole rings is 1. The van der Waals surface area contributed by atoms with E-state index in [1.807, 2.05) is 68.6 Å². The number of β-amino-alcohol motifs (C(OH)–C–C–N with tert-alkyl or cyclic N) is 1. The molecule has 73 heavy (non-hydrogen) atoms. The Hall–Kier alpha value is -5.12. The minimum Gasteiger partial charge on any atom is -0.490 e. The molecule has 5 atom stereocenters. The first-order valence-electron chi connectivity index (χ1n) is 25.4. The maximum Gasteiger partial charge on any atom is 0.246 e. The first-order valence-corrected chi connectivity index (χ1v) is 27.5. The Morgan fingerprint density at radius 3 is 2.44 bits per heavy atom. The van der Waals surface area contributed by atoms with Gasteiger partial charge < -0.3 is 51.0 Å². The molecule has 1 aliphatic carbocycles. The third kappa shape index (κ3) is 11.7. The fraction of sp³-hybridized carbons (Fsp3) is 0.577. The van der Waals surface area contributed by atoms with Gasteiger partial charge in [0.05, 0.1) is 64.5 Å². The lowest BCUT2D eigenvalue weighted by atomic mass is 9.73. The fourth-order valence-corrected chi connectivity index (χ4v) is 12.7. The van der Waals surface area contributed by atoms with Crippen LogP contribution in [-0.2, 0) is 30.5 Å². The van der Waals surface area contributed by atoms with Crippen LogP contribution in [-0.4, -0.2) is 140 Å². The van der Waals surface area contributed by atoms with Gasteiger partial charge in [-0.15, -0.1) is 11.3 Å². The Kier molecular flexibility index (Phi) is 15.9. The van der Waals surface area contributed by atoms with E-state index in [0.29, 0.717) is 55.4 Å². The van der Waals surface area contributed by atoms with Gasteiger partial charge in [0.2, 0.25) is 23.6 Å². The minimum atomic E-state index is -0.915. The number of carbonyl (C=O) groups is 4. The molecule has 1 spiro atoms. The molecule has 4 amide bonds. The largest absolute Gasteiger partial charge is 0.490 e. The van der Waals surface area contributed by atoms with Gasteiger partial charge in [-0.05, 0) is 75.5 Å². The zero-order valence-electron chi connectivity index (χ0n) is 42.4. The number of ether oxygens (including phenoxy) is 2. The van der Waals surface area contributed by atoms with Crippen LogP contribution in [0.5, 0.6) is 5.75 Å². The molecule has 5 aliphatic rings. The van der Waals surface area contributed by atoms with E-state index in [1.165, 1.54) is 34.9 Å². The maximum atomic E-state index is 13.8. The van der Waals surface area contributed by atoms with Crippen molar-refractivity contribution in [1.29, 1.82) is 0 Å². The maximum absolute atomic E-state index is 13.8. The highest BCUT2D eigenvalue weighted by Gasteiger charge is 2.48. The number of nitrogens with two attached hydrogens (primary N) is 1. The third-order valence-corrected chi connectivity index (χ3v) is 17.8. The molecule has 4 saturated heterocycles. The number of hydrogen-bond donors (Lipinski definition) is 5. The molecule has 4 aliphatic heterocycles. The second-order valence-electron chi connectivity index (χ2n) is 21.6. The Balaban J connectivity index is 0.762. The number of halogens is 1. The fourth-order valence-electron chi connectivity index (χ4n) is 10.9. The van der Waals surface area contributed by atoms with E-state index < -0.39 is 35.4 Å². The van der Waals surface area contributed by atoms with Gasteiger partial charge in [0, 0.05) is 86.6 Å². The molecule has 5 fully saturated rings. The van der Waals surface area contributed by atoms with Crippen LogP contribution in [0.15, 0.2) is 58.3 Å². The Morgan fingerprint density at radius 1 is 1.04 bits per heavy atom. The molecule has 9 rings (SSSR count). The number of anilines is 2. The summed E-state index contributed by atoms with van der Waals surface area (Å²) < 4.78 is 12.6. The highest BCUT2D eigenvalue weighted by Crippen LogP contribution is 2.43. The molecule has 0 unspecified atom stereocenters. The number of aryl methyl sites for hydroxylation is 1. The second-order valence-corrected chi connectivity index (χ2v) is 23.9. The predicted molar refractivity (Wildman–Crippen MR) is 280 cm³/mol. The van der Waals surface area contributed by atoms with Crippen LogP contribution in [0.2, 0.25) is 5.02 Å². The normalized spacial score (nSPS) is 24.5. The van der Waals surface area contributed by atoms with Crippen LogP contribution in [0.1, 0.15) is 90.8 Å². The number of hydrogen-bond acceptors (Lipinski definition) is 16. The zero-order valence-corrected chi connectivity index (χ0v) is 44.8. The van der Waals surface area contributed by atoms with Gasteiger partial charge in [-0.1, -0.05) is 56.3 Å². The quantitative estimate of drug-likeness (QED) is 0.100. The number of piperidine rings is 1. The van der Waals surface area contributed by atoms with Crippen molar-refractivity contribution in [3.63, 3.8) is 0 Å². The first kappa shape index (κ1) is 52.7. The number of aromatic nitrogens is 4. The molecule has 3 aromatic heterocycles. The number of likely N-dealkylation sites (tertiary alicyclic amines) is 2. The summed E-state index contributed by atoms with van der Waals surface area (Å²) in [5.74, 6) is 0.874. The highest BCUT2D eigenvalue weighted by molar-refractivity contribution is 7.99. The molecule has 18 nitrogen and oxygen atoms in total. The summed E-state index contributed by atoms with van der Waals surface area (Å²) in [6.07, 6.45) is 9.11. The standard InChI is InChI=1S/C52H68ClN11O7S2/c1-29-44(72-28-59-29)33-7-8-34(21-58-48(67)38-20-36(66)26-64(38)50(69)46(51(4,5)6)60-31(3)65)39(19-33)71-37-11-9-32(10-12-37)49(68)63-24-35(25-63)61-47-43(53)40(13-16-55-47)73-42-23-56-41(22-57-42)62-17-14-52(15-18-62)27-70-30(2)45(52)54/h7-8,13,16,19,22-23,28,30,32,35-38,45-46,66H,9-12,14-15,17-18,20-21,24-27,54H2,1-6H3,(H,55,61)(H,58,67)(H,60,65)/t30-,32?,36+,37?,38-,45+,46+/m0/s1. The lowest BCUT2D eigenvalue weighted by molar-refractivity contribution is -0.143. The van der Waals surface area contributed by atoms with Crippen molar-refractivity contribution in [2.24, 2.45) is 22.5 Å². The second kappa shape index (κ2) is 22.0. The van der Waals surface area contributed by atoms with Crippen LogP contribution in [0.25, 0.3) is 10.4 Å². The van der Waals surface area contributed by atoms with E-state index in [0.717, 1.165) is 70.0 Å². The predicted octanol–water partition coefficient (Wildman–Crippen LogP) is 5.83. The summed E-state index contributed by atoms with van der Waals surface area (Å²) >= 11 is 9.88. The van der Waals surface area contributed by atoms with Crippen molar-refractivity contribution in [3.05, 3.63) is 64.6 Å². The molecule has 1 saturated carbocycles. The average molecular weight is 1060 g/mol. The molecule has 1 aromatic carbocycles. The number of amides is 4. The highest BCUT2D eigenvalue weighted by atomic mass is 35.5. The van der Waals surface area contributed by atoms with Gasteiger partial charge in [-0.3, -0.25) is 19.2 Å². The monoisotopic (exact) mass is 1060 g/mol. The molecule has 4 aromatic rings. The Labute approximate surface area is 440 Å². The number of aliphatic hydroxyl groups is 1. The van der Waals surface area contributed by atoms with E-state index in [4.69, 9.17) is 36.8 Å². The summed E-state index contributed by atoms with van der Waals surface area (Å²) in [7, 11) is 0. The summed E-state index contributed by atoms with van der Waals surface area (Å²) in [5.41, 5.74) is 10.3. The van der Waals surface area contributed by atoms with E-state index in [1.54, 1.807) is 12.4 Å². The number of pyridine rings is 1. The Bertz CT molecular complexity index is 2650. The van der Waals surface area contributed by atoms with Crippen molar-refractivity contribution >= 4 is 70.0 Å². The summed E-state index contributed by atoms with van der Waals surface area (Å²) in [4.78, 5) is 79.3. The number of benzene rings is 1. The SMILES string of the molecule is CC(=O)N[C@H](C(=O)N1C[C@H](O)C[C@H]1C(=O)NCc1ccc(-c2scnc2C)cc1OC1CCC(C(=O)N2CC(Nc3nccc(Sc4cnc(N5CCC6(CC5)CO[C@@H](C)[C@H]6N)cn4)c3Cl)C2)CC1)C(C)(C)C. The van der Waals surface area contributed by atoms with Gasteiger partial charge >= 0.3 is 0 Å². The third-order valence-electron chi connectivity index (χ3n) is 15.3. The summed E-state index contributed by atoms with van der Waals surface area (Å²) in [6, 6.07) is 6.04. The lowest BCUT2D eigenvalue weighted by Gasteiger charge is -2.42. The van der Waals surface area contributed by atoms with Gasteiger partial charge in [0.15, 0.2) is 0 Å². The molecular weight excluding hydrogens is 990 g/mol. The van der Waals surface area contributed by atoms with Crippen LogP contribution in [0, 0.1) is 23.7 Å². The molecule has 7 heterocycles. The first-order chi connectivity index (χ1) is 34.9. The van der Waals surface area contributed by atoms with Gasteiger partial charge in [-0.2, -0.15) is 0 Å². The molecular formula is C52H68ClN11O7S2. The molecule has 0 bridgehead atoms. The van der Waals surface area contributed by atoms with Crippen LogP contribution >= 0.6 is 34.7 Å². The van der Waals surface area contributed by atoms with Gasteiger partial charge in [0.1, 0.15) is 34.5 Å². The van der Waals surface area contributed by atoms with Crippen molar-refractivity contribution in [1.82, 2.24) is 40.4 Å². The van der Waals surface area contributed by atoms with Crippen molar-refractivity contribution in [3.8, 4) is 16.2 Å². The smallest absolute Gasteiger partial charge is 0.246 e. The number of nitrogens with one attached hydrogen (secondary N) is 3. The average Bonchev–Trinajstić information content (AvgIpc) is 4.05. The number of carbonyl (C=O) groups excluding carboxylic acids is 4. The van der Waals surface area contributed by atoms with Crippen LogP contribution in [0.3, 0.4) is 0 Å². The molecule has 0 radical (unpaired) electrons. The zero-order chi connectivity index (χ0) is 51.8. The topological polar surface area (TPSA) is 230 Å². The van der Waals surface area contributed by atoms with Crippen molar-refractivity contribution < 1.29 is 33.8 Å². The van der Waals surface area contributed by atoms with Crippen LogP contribution < -0.4 is 31.3 Å². The lowest BCUT2D eigenvalue weighted by Crippen LogP contribution is -2.58. The summed E-state index contributed by atoms with van der Waals surface area (Å²) in [6.45, 7) is 14.6. The minimum absolute atomic E-state index is 0.00463. The number of rotatable bonds is 14. The molecule has 21 heteroatoms. The summed E-state index contributed by atoms with van der Waals surface area (Å²) in [5, 5.41) is 21.1. The van der Waals surface area contributed by atoms with E-state index in [-0.39, 0.29) is 66.9 Å². The van der Waals surface area contributed by atoms with E-state index in [2.05, 4.69) is 37.7 Å². The van der Waals surface area contributed by atoms with Crippen LogP contribution in [0.4, 0.5) is 11.6 Å².